The Morgan fingerprint density at radius 1 is 1.23 bits per heavy atom. The third kappa shape index (κ3) is 2.92. The lowest BCUT2D eigenvalue weighted by Gasteiger charge is -2.39. The van der Waals surface area contributed by atoms with E-state index in [4.69, 9.17) is 9.47 Å². The zero-order valence-corrected chi connectivity index (χ0v) is 17.7. The van der Waals surface area contributed by atoms with Crippen LogP contribution >= 0.6 is 0 Å². The van der Waals surface area contributed by atoms with E-state index < -0.39 is 41.6 Å². The van der Waals surface area contributed by atoms with E-state index in [2.05, 4.69) is 0 Å². The highest BCUT2D eigenvalue weighted by atomic mass is 16.6. The molecule has 6 atom stereocenters. The maximum absolute atomic E-state index is 13.7. The van der Waals surface area contributed by atoms with Gasteiger partial charge in [0.05, 0.1) is 31.3 Å². The standard InChI is InChI=1S/C22H30N2O6/c1-4-14(12-25)24-18-20(27)23(13(2)3)10-7-9-22(18)17(19(24)26)16-15(30-22)8-5-6-11-29-21(16)28/h5,7-9,13-18,25H,4,6,10-12H2,1-3H3/t14-,15-,16+,17-,18?,22-/m0/s1. The molecule has 0 saturated carbocycles. The van der Waals surface area contributed by atoms with Crippen LogP contribution in [0.1, 0.15) is 33.6 Å². The van der Waals surface area contributed by atoms with Crippen molar-refractivity contribution in [3.8, 4) is 0 Å². The topological polar surface area (TPSA) is 96.4 Å². The van der Waals surface area contributed by atoms with Crippen LogP contribution in [0.4, 0.5) is 0 Å². The first kappa shape index (κ1) is 21.1. The number of carbonyl (C=O) groups is 3. The smallest absolute Gasteiger partial charge is 0.312 e. The molecule has 0 aromatic carbocycles. The first-order chi connectivity index (χ1) is 14.4. The van der Waals surface area contributed by atoms with E-state index >= 15 is 0 Å². The number of rotatable bonds is 4. The number of carbonyl (C=O) groups excluding carboxylic acids is 3. The molecule has 8 heteroatoms. The third-order valence-corrected chi connectivity index (χ3v) is 6.79. The molecule has 1 N–H and O–H groups in total. The van der Waals surface area contributed by atoms with Gasteiger partial charge in [0.1, 0.15) is 17.6 Å². The molecule has 0 aromatic heterocycles. The molecule has 2 saturated heterocycles. The van der Waals surface area contributed by atoms with Gasteiger partial charge in [-0.1, -0.05) is 31.2 Å². The lowest BCUT2D eigenvalue weighted by Crippen LogP contribution is -2.58. The second-order valence-electron chi connectivity index (χ2n) is 8.70. The van der Waals surface area contributed by atoms with Crippen LogP contribution in [-0.4, -0.2) is 82.3 Å². The van der Waals surface area contributed by atoms with Gasteiger partial charge in [-0.15, -0.1) is 0 Å². The fraction of sp³-hybridized carbons (Fsp3) is 0.682. The summed E-state index contributed by atoms with van der Waals surface area (Å²) < 4.78 is 11.8. The maximum Gasteiger partial charge on any atom is 0.312 e. The summed E-state index contributed by atoms with van der Waals surface area (Å²) >= 11 is 0. The van der Waals surface area contributed by atoms with Gasteiger partial charge in [-0.3, -0.25) is 14.4 Å². The van der Waals surface area contributed by atoms with Crippen molar-refractivity contribution in [1.82, 2.24) is 9.80 Å². The maximum atomic E-state index is 13.7. The van der Waals surface area contributed by atoms with Crippen molar-refractivity contribution in [3.05, 3.63) is 24.3 Å². The summed E-state index contributed by atoms with van der Waals surface area (Å²) in [6, 6.07) is -1.53. The van der Waals surface area contributed by atoms with E-state index in [1.54, 1.807) is 11.0 Å². The lowest BCUT2D eigenvalue weighted by atomic mass is 9.77. The summed E-state index contributed by atoms with van der Waals surface area (Å²) in [5, 5.41) is 9.97. The van der Waals surface area contributed by atoms with Crippen LogP contribution in [-0.2, 0) is 23.9 Å². The summed E-state index contributed by atoms with van der Waals surface area (Å²) in [7, 11) is 0. The first-order valence-electron chi connectivity index (χ1n) is 10.8. The predicted molar refractivity (Wildman–Crippen MR) is 107 cm³/mol. The largest absolute Gasteiger partial charge is 0.465 e. The molecule has 2 amide bonds. The molecule has 8 nitrogen and oxygen atoms in total. The normalized spacial score (nSPS) is 36.8. The van der Waals surface area contributed by atoms with Crippen molar-refractivity contribution in [3.63, 3.8) is 0 Å². The average molecular weight is 418 g/mol. The molecule has 0 aliphatic carbocycles. The number of aliphatic hydroxyl groups is 1. The number of ether oxygens (including phenoxy) is 2. The Morgan fingerprint density at radius 3 is 2.67 bits per heavy atom. The molecule has 4 aliphatic heterocycles. The average Bonchev–Trinajstić information content (AvgIpc) is 3.07. The molecular weight excluding hydrogens is 388 g/mol. The van der Waals surface area contributed by atoms with Gasteiger partial charge in [0.2, 0.25) is 11.8 Å². The number of esters is 1. The molecule has 4 rings (SSSR count). The monoisotopic (exact) mass is 418 g/mol. The molecule has 164 valence electrons. The van der Waals surface area contributed by atoms with Crippen LogP contribution in [0.2, 0.25) is 0 Å². The van der Waals surface area contributed by atoms with Crippen LogP contribution in [0, 0.1) is 11.8 Å². The number of hydrogen-bond acceptors (Lipinski definition) is 6. The Hall–Kier alpha value is -2.19. The Balaban J connectivity index is 1.87. The number of hydrogen-bond donors (Lipinski definition) is 1. The molecule has 4 aliphatic rings. The Morgan fingerprint density at radius 2 is 2.00 bits per heavy atom. The van der Waals surface area contributed by atoms with Crippen molar-refractivity contribution in [2.24, 2.45) is 11.8 Å². The molecule has 2 fully saturated rings. The van der Waals surface area contributed by atoms with E-state index in [0.29, 0.717) is 19.4 Å². The van der Waals surface area contributed by atoms with Gasteiger partial charge >= 0.3 is 5.97 Å². The number of nitrogens with zero attached hydrogens (tertiary/aromatic N) is 2. The first-order valence-corrected chi connectivity index (χ1v) is 10.8. The van der Waals surface area contributed by atoms with Crippen LogP contribution < -0.4 is 0 Å². The van der Waals surface area contributed by atoms with E-state index in [1.165, 1.54) is 4.90 Å². The zero-order chi connectivity index (χ0) is 21.6. The number of aliphatic hydroxyl groups excluding tert-OH is 1. The van der Waals surface area contributed by atoms with Gasteiger partial charge in [0.25, 0.3) is 0 Å². The van der Waals surface area contributed by atoms with Crippen molar-refractivity contribution >= 4 is 17.8 Å². The highest BCUT2D eigenvalue weighted by molar-refractivity contribution is 5.99. The number of fused-ring (bicyclic) bond motifs is 2. The predicted octanol–water partition coefficient (Wildman–Crippen LogP) is 0.648. The number of likely N-dealkylation sites (tertiary alicyclic amines) is 1. The summed E-state index contributed by atoms with van der Waals surface area (Å²) in [6.07, 6.45) is 7.81. The summed E-state index contributed by atoms with van der Waals surface area (Å²) in [6.45, 7) is 6.11. The lowest BCUT2D eigenvalue weighted by molar-refractivity contribution is -0.156. The highest BCUT2D eigenvalue weighted by Crippen LogP contribution is 2.53. The number of cyclic esters (lactones) is 1. The molecule has 30 heavy (non-hydrogen) atoms. The molecular formula is C22H30N2O6. The van der Waals surface area contributed by atoms with Crippen LogP contribution in [0.15, 0.2) is 24.3 Å². The van der Waals surface area contributed by atoms with E-state index in [1.807, 2.05) is 39.0 Å². The molecule has 1 unspecified atom stereocenters. The van der Waals surface area contributed by atoms with Crippen LogP contribution in [0.5, 0.6) is 0 Å². The molecule has 0 aromatic rings. The summed E-state index contributed by atoms with van der Waals surface area (Å²) in [5.74, 6) is -2.70. The SMILES string of the molecule is CC[C@@H](CO)N1C(=O)[C@@H]2[C@@H]3C(=O)OCCC=C[C@@H]3O[C@@]23C=CCN(C(C)C)C(=O)C13. The van der Waals surface area contributed by atoms with Gasteiger partial charge in [-0.05, 0) is 26.7 Å². The second-order valence-corrected chi connectivity index (χ2v) is 8.70. The molecule has 1 spiro atoms. The van der Waals surface area contributed by atoms with E-state index in [0.717, 1.165) is 0 Å². The van der Waals surface area contributed by atoms with Crippen molar-refractivity contribution in [2.75, 3.05) is 19.8 Å². The van der Waals surface area contributed by atoms with Crippen LogP contribution in [0.3, 0.4) is 0 Å². The summed E-state index contributed by atoms with van der Waals surface area (Å²) in [5.41, 5.74) is -1.26. The van der Waals surface area contributed by atoms with Gasteiger partial charge in [0.15, 0.2) is 0 Å². The molecule has 0 bridgehead atoms. The Kier molecular flexibility index (Phi) is 5.48. The van der Waals surface area contributed by atoms with Gasteiger partial charge < -0.3 is 24.4 Å². The number of amides is 2. The van der Waals surface area contributed by atoms with Gasteiger partial charge in [-0.25, -0.2) is 0 Å². The fourth-order valence-electron chi connectivity index (χ4n) is 5.34. The molecule has 0 radical (unpaired) electrons. The third-order valence-electron chi connectivity index (χ3n) is 6.79. The van der Waals surface area contributed by atoms with E-state index in [9.17, 15) is 19.5 Å². The van der Waals surface area contributed by atoms with Gasteiger partial charge in [-0.2, -0.15) is 0 Å². The van der Waals surface area contributed by atoms with Crippen LogP contribution in [0.25, 0.3) is 0 Å². The Labute approximate surface area is 176 Å². The fourth-order valence-corrected chi connectivity index (χ4v) is 5.34. The van der Waals surface area contributed by atoms with Crippen molar-refractivity contribution in [1.29, 1.82) is 0 Å². The van der Waals surface area contributed by atoms with E-state index in [-0.39, 0.29) is 31.1 Å². The highest BCUT2D eigenvalue weighted by Gasteiger charge is 2.72. The van der Waals surface area contributed by atoms with Crippen molar-refractivity contribution < 1.29 is 29.0 Å². The molecule has 4 heterocycles. The minimum atomic E-state index is -1.26. The zero-order valence-electron chi connectivity index (χ0n) is 17.7. The second kappa shape index (κ2) is 7.81. The quantitative estimate of drug-likeness (QED) is 0.532. The minimum absolute atomic E-state index is 0.0672. The van der Waals surface area contributed by atoms with Gasteiger partial charge in [0, 0.05) is 12.6 Å². The van der Waals surface area contributed by atoms with Crippen molar-refractivity contribution in [2.45, 2.75) is 63.4 Å². The Bertz CT molecular complexity index is 788. The summed E-state index contributed by atoms with van der Waals surface area (Å²) in [4.78, 5) is 43.5. The minimum Gasteiger partial charge on any atom is -0.465 e.